The van der Waals surface area contributed by atoms with Gasteiger partial charge in [-0.3, -0.25) is 4.98 Å². The van der Waals surface area contributed by atoms with Crippen LogP contribution in [0.1, 0.15) is 18.2 Å². The van der Waals surface area contributed by atoms with E-state index in [0.717, 1.165) is 0 Å². The molecule has 0 radical (unpaired) electrons. The number of methoxy groups -OCH3 is 1. The summed E-state index contributed by atoms with van der Waals surface area (Å²) in [7, 11) is 1.48. The van der Waals surface area contributed by atoms with E-state index < -0.39 is 5.60 Å². The third kappa shape index (κ3) is 2.17. The molecule has 0 aliphatic carbocycles. The highest BCUT2D eigenvalue weighted by Crippen LogP contribution is 2.35. The number of halogens is 1. The van der Waals surface area contributed by atoms with Gasteiger partial charge in [-0.05, 0) is 13.0 Å². The number of hydrogen-bond donors (Lipinski definition) is 1. The second-order valence-corrected chi connectivity index (χ2v) is 4.37. The minimum atomic E-state index is -1.36. The Morgan fingerprint density at radius 2 is 1.89 bits per heavy atom. The second-order valence-electron chi connectivity index (χ2n) is 3.97. The van der Waals surface area contributed by atoms with Crippen molar-refractivity contribution >= 4 is 11.6 Å². The van der Waals surface area contributed by atoms with Crippen LogP contribution < -0.4 is 4.74 Å². The normalized spacial score (nSPS) is 14.0. The molecule has 1 aromatic carbocycles. The molecular weight excluding hydrogens is 252 g/mol. The Kier molecular flexibility index (Phi) is 3.50. The molecule has 18 heavy (non-hydrogen) atoms. The summed E-state index contributed by atoms with van der Waals surface area (Å²) >= 11 is 6.11. The molecule has 0 aliphatic heterocycles. The van der Waals surface area contributed by atoms with Gasteiger partial charge in [0, 0.05) is 23.0 Å². The first-order valence-corrected chi connectivity index (χ1v) is 5.78. The topological polar surface area (TPSA) is 55.2 Å². The van der Waals surface area contributed by atoms with Gasteiger partial charge in [-0.15, -0.1) is 0 Å². The number of aromatic nitrogens is 2. The Hall–Kier alpha value is -1.65. The molecule has 1 atom stereocenters. The third-order valence-electron chi connectivity index (χ3n) is 2.72. The fraction of sp³-hybridized carbons (Fsp3) is 0.231. The number of nitrogens with zero attached hydrogens (tertiary/aromatic N) is 2. The van der Waals surface area contributed by atoms with Crippen LogP contribution in [-0.4, -0.2) is 22.2 Å². The van der Waals surface area contributed by atoms with Crippen LogP contribution >= 0.6 is 11.6 Å². The Balaban J connectivity index is 2.58. The highest BCUT2D eigenvalue weighted by atomic mass is 35.5. The molecule has 0 amide bonds. The molecule has 0 saturated carbocycles. The van der Waals surface area contributed by atoms with Gasteiger partial charge < -0.3 is 9.84 Å². The minimum absolute atomic E-state index is 0.280. The zero-order chi connectivity index (χ0) is 13.2. The lowest BCUT2D eigenvalue weighted by Gasteiger charge is -2.25. The van der Waals surface area contributed by atoms with E-state index in [-0.39, 0.29) is 5.88 Å². The molecule has 2 aromatic rings. The molecule has 1 aromatic heterocycles. The Labute approximate surface area is 110 Å². The van der Waals surface area contributed by atoms with Crippen molar-refractivity contribution in [3.8, 4) is 5.88 Å². The van der Waals surface area contributed by atoms with Crippen molar-refractivity contribution < 1.29 is 9.84 Å². The van der Waals surface area contributed by atoms with Gasteiger partial charge in [-0.2, -0.15) is 0 Å². The van der Waals surface area contributed by atoms with E-state index in [0.29, 0.717) is 16.3 Å². The van der Waals surface area contributed by atoms with Crippen LogP contribution in [0.15, 0.2) is 36.7 Å². The van der Waals surface area contributed by atoms with Crippen molar-refractivity contribution in [2.24, 2.45) is 0 Å². The zero-order valence-electron chi connectivity index (χ0n) is 10.1. The number of aliphatic hydroxyl groups is 1. The van der Waals surface area contributed by atoms with Crippen molar-refractivity contribution in [2.45, 2.75) is 12.5 Å². The van der Waals surface area contributed by atoms with Crippen molar-refractivity contribution in [2.75, 3.05) is 7.11 Å². The number of benzene rings is 1. The van der Waals surface area contributed by atoms with Gasteiger partial charge in [0.15, 0.2) is 0 Å². The molecule has 0 aliphatic rings. The number of hydrogen-bond acceptors (Lipinski definition) is 4. The van der Waals surface area contributed by atoms with Crippen molar-refractivity contribution in [3.63, 3.8) is 0 Å². The van der Waals surface area contributed by atoms with Crippen LogP contribution in [0.3, 0.4) is 0 Å². The third-order valence-corrected chi connectivity index (χ3v) is 3.05. The quantitative estimate of drug-likeness (QED) is 0.925. The monoisotopic (exact) mass is 264 g/mol. The van der Waals surface area contributed by atoms with Gasteiger partial charge in [-0.1, -0.05) is 29.8 Å². The highest BCUT2D eigenvalue weighted by molar-refractivity contribution is 6.31. The van der Waals surface area contributed by atoms with Gasteiger partial charge in [0.1, 0.15) is 11.3 Å². The first kappa shape index (κ1) is 12.8. The van der Waals surface area contributed by atoms with Crippen molar-refractivity contribution in [1.29, 1.82) is 0 Å². The standard InChI is InChI=1S/C13H13ClN2O2/c1-13(17,9-5-3-4-6-10(9)14)11-12(18-2)16-8-7-15-11/h3-8,17H,1-2H3. The smallest absolute Gasteiger partial charge is 0.238 e. The lowest BCUT2D eigenvalue weighted by Crippen LogP contribution is -2.25. The largest absolute Gasteiger partial charge is 0.480 e. The summed E-state index contributed by atoms with van der Waals surface area (Å²) in [5, 5.41) is 11.2. The average Bonchev–Trinajstić information content (AvgIpc) is 2.39. The summed E-state index contributed by atoms with van der Waals surface area (Å²) in [6.07, 6.45) is 3.01. The first-order valence-electron chi connectivity index (χ1n) is 5.40. The summed E-state index contributed by atoms with van der Waals surface area (Å²) in [6.45, 7) is 1.61. The van der Waals surface area contributed by atoms with Crippen molar-refractivity contribution in [3.05, 3.63) is 52.9 Å². The fourth-order valence-electron chi connectivity index (χ4n) is 1.79. The summed E-state index contributed by atoms with van der Waals surface area (Å²) in [4.78, 5) is 8.17. The van der Waals surface area contributed by atoms with Crippen LogP contribution in [0.4, 0.5) is 0 Å². The summed E-state index contributed by atoms with van der Waals surface area (Å²) in [6, 6.07) is 7.07. The summed E-state index contributed by atoms with van der Waals surface area (Å²) in [5.74, 6) is 0.280. The van der Waals surface area contributed by atoms with E-state index in [2.05, 4.69) is 9.97 Å². The maximum absolute atomic E-state index is 10.7. The van der Waals surface area contributed by atoms with E-state index in [4.69, 9.17) is 16.3 Å². The maximum atomic E-state index is 10.7. The van der Waals surface area contributed by atoms with Crippen LogP contribution in [-0.2, 0) is 5.60 Å². The van der Waals surface area contributed by atoms with E-state index in [1.165, 1.54) is 19.5 Å². The molecular formula is C13H13ClN2O2. The van der Waals surface area contributed by atoms with Crippen LogP contribution in [0, 0.1) is 0 Å². The van der Waals surface area contributed by atoms with E-state index in [1.807, 2.05) is 0 Å². The lowest BCUT2D eigenvalue weighted by molar-refractivity contribution is 0.0931. The lowest BCUT2D eigenvalue weighted by atomic mass is 9.92. The Morgan fingerprint density at radius 1 is 1.22 bits per heavy atom. The summed E-state index contributed by atoms with van der Waals surface area (Å²) in [5.41, 5.74) is -0.469. The van der Waals surface area contributed by atoms with E-state index in [1.54, 1.807) is 31.2 Å². The predicted molar refractivity (Wildman–Crippen MR) is 68.7 cm³/mol. The number of ether oxygens (including phenoxy) is 1. The van der Waals surface area contributed by atoms with Gasteiger partial charge >= 0.3 is 0 Å². The molecule has 1 N–H and O–H groups in total. The van der Waals surface area contributed by atoms with Gasteiger partial charge in [0.25, 0.3) is 0 Å². The highest BCUT2D eigenvalue weighted by Gasteiger charge is 2.33. The van der Waals surface area contributed by atoms with E-state index >= 15 is 0 Å². The Bertz CT molecular complexity index is 558. The molecule has 0 bridgehead atoms. The molecule has 2 rings (SSSR count). The second kappa shape index (κ2) is 4.92. The first-order chi connectivity index (χ1) is 8.57. The molecule has 1 heterocycles. The number of rotatable bonds is 3. The molecule has 0 spiro atoms. The minimum Gasteiger partial charge on any atom is -0.480 e. The predicted octanol–water partition coefficient (Wildman–Crippen LogP) is 2.39. The van der Waals surface area contributed by atoms with Crippen LogP contribution in [0.2, 0.25) is 5.02 Å². The molecule has 1 unspecified atom stereocenters. The van der Waals surface area contributed by atoms with Gasteiger partial charge in [-0.25, -0.2) is 4.98 Å². The molecule has 4 nitrogen and oxygen atoms in total. The zero-order valence-corrected chi connectivity index (χ0v) is 10.8. The average molecular weight is 265 g/mol. The van der Waals surface area contributed by atoms with Crippen LogP contribution in [0.25, 0.3) is 0 Å². The fourth-order valence-corrected chi connectivity index (χ4v) is 2.11. The molecule has 5 heteroatoms. The molecule has 0 fully saturated rings. The van der Waals surface area contributed by atoms with Gasteiger partial charge in [0.2, 0.25) is 5.88 Å². The Morgan fingerprint density at radius 3 is 2.56 bits per heavy atom. The van der Waals surface area contributed by atoms with E-state index in [9.17, 15) is 5.11 Å². The molecule has 0 saturated heterocycles. The van der Waals surface area contributed by atoms with Crippen LogP contribution in [0.5, 0.6) is 5.88 Å². The maximum Gasteiger partial charge on any atom is 0.238 e. The van der Waals surface area contributed by atoms with Crippen molar-refractivity contribution in [1.82, 2.24) is 9.97 Å². The van der Waals surface area contributed by atoms with Gasteiger partial charge in [0.05, 0.1) is 7.11 Å². The summed E-state index contributed by atoms with van der Waals surface area (Å²) < 4.78 is 5.12. The molecule has 94 valence electrons. The SMILES string of the molecule is COc1nccnc1C(C)(O)c1ccccc1Cl.